The number of H-pyrrole nitrogens is 1. The number of para-hydroxylation sites is 1. The molecule has 0 radical (unpaired) electrons. The Labute approximate surface area is 213 Å². The molecule has 1 saturated heterocycles. The van der Waals surface area contributed by atoms with Crippen LogP contribution in [0.3, 0.4) is 0 Å². The second kappa shape index (κ2) is 11.7. The molecule has 0 bridgehead atoms. The van der Waals surface area contributed by atoms with E-state index in [9.17, 15) is 28.4 Å². The molecule has 37 heavy (non-hydrogen) atoms. The first-order chi connectivity index (χ1) is 16.8. The van der Waals surface area contributed by atoms with Gasteiger partial charge in [0.2, 0.25) is 5.82 Å². The van der Waals surface area contributed by atoms with Crippen molar-refractivity contribution >= 4 is 13.7 Å². The third kappa shape index (κ3) is 7.14. The summed E-state index contributed by atoms with van der Waals surface area (Å²) in [5.41, 5.74) is -5.15. The fraction of sp³-hybridized carbons (Fsp3) is 0.522. The number of benzene rings is 1. The molecular weight excluding hydrogens is 512 g/mol. The molecule has 0 amide bonds. The average molecular weight is 546 g/mol. The zero-order valence-electron chi connectivity index (χ0n) is 20.2. The highest BCUT2D eigenvalue weighted by Gasteiger charge is 2.47. The fourth-order valence-electron chi connectivity index (χ4n) is 3.64. The molecule has 0 aliphatic carbocycles. The number of aliphatic hydroxyl groups is 1. The quantitative estimate of drug-likeness (QED) is 0.299. The van der Waals surface area contributed by atoms with Crippen molar-refractivity contribution in [2.24, 2.45) is 0 Å². The molecule has 4 atom stereocenters. The topological polar surface area (TPSA) is 158 Å². The molecule has 2 aromatic rings. The van der Waals surface area contributed by atoms with Crippen LogP contribution in [0.2, 0.25) is 0 Å². The second-order valence-electron chi connectivity index (χ2n) is 8.86. The third-order valence-electron chi connectivity index (χ3n) is 5.41. The Kier molecular flexibility index (Phi) is 9.61. The molecule has 3 N–H and O–H groups in total. The van der Waals surface area contributed by atoms with Crippen LogP contribution in [-0.2, 0) is 29.1 Å². The number of aliphatic hydroxyl groups excluding tert-OH is 1. The summed E-state index contributed by atoms with van der Waals surface area (Å²) in [5, 5.41) is 13.1. The van der Waals surface area contributed by atoms with E-state index in [0.29, 0.717) is 6.20 Å². The van der Waals surface area contributed by atoms with Crippen LogP contribution in [0.5, 0.6) is 5.75 Å². The molecule has 1 aromatic carbocycles. The molecule has 2 heterocycles. The van der Waals surface area contributed by atoms with Gasteiger partial charge in [0.15, 0.2) is 0 Å². The number of aromatic amines is 1. The number of carbonyl (C=O) groups excluding carboxylic acids is 1. The number of hydrogen-bond acceptors (Lipinski definition) is 9. The van der Waals surface area contributed by atoms with Crippen molar-refractivity contribution < 1.29 is 37.4 Å². The summed E-state index contributed by atoms with van der Waals surface area (Å²) >= 11 is 0. The van der Waals surface area contributed by atoms with E-state index in [-0.39, 0.29) is 26.2 Å². The van der Waals surface area contributed by atoms with Crippen LogP contribution in [0.1, 0.15) is 41.5 Å². The highest BCUT2D eigenvalue weighted by molar-refractivity contribution is 7.52. The van der Waals surface area contributed by atoms with Gasteiger partial charge in [-0.3, -0.25) is 23.7 Å². The molecule has 3 rings (SSSR count). The minimum Gasteiger partial charge on any atom is -0.465 e. The zero-order valence-corrected chi connectivity index (χ0v) is 21.1. The first kappa shape index (κ1) is 30.4. The minimum absolute atomic E-state index is 0. The van der Waals surface area contributed by atoms with Crippen LogP contribution in [0, 0.1) is 5.82 Å². The molecule has 2 unspecified atom stereocenters. The second-order valence-corrected chi connectivity index (χ2v) is 10.5. The van der Waals surface area contributed by atoms with Gasteiger partial charge in [-0.2, -0.15) is 9.48 Å². The Morgan fingerprint density at radius 1 is 1.35 bits per heavy atom. The van der Waals surface area contributed by atoms with Crippen molar-refractivity contribution in [3.8, 4) is 5.75 Å². The first-order valence-electron chi connectivity index (χ1n) is 11.1. The van der Waals surface area contributed by atoms with E-state index in [4.69, 9.17) is 18.5 Å². The van der Waals surface area contributed by atoms with Gasteiger partial charge in [-0.25, -0.2) is 9.36 Å². The summed E-state index contributed by atoms with van der Waals surface area (Å²) in [5.74, 6) is -1.73. The third-order valence-corrected chi connectivity index (χ3v) is 7.18. The van der Waals surface area contributed by atoms with Crippen LogP contribution < -0.4 is 20.9 Å². The van der Waals surface area contributed by atoms with Gasteiger partial charge < -0.3 is 19.1 Å². The van der Waals surface area contributed by atoms with E-state index < -0.39 is 60.9 Å². The van der Waals surface area contributed by atoms with Crippen molar-refractivity contribution in [2.45, 2.75) is 65.0 Å². The standard InChI is InChI=1S/C22H29FN3O9P.CH4/c1-5-32-19(29)21(2,3)25-36(31,35-14-9-7-6-8-10-14)33-13-17-16(27)11-22(4,34-17)26-12-15(23)18(28)24-20(26)30;/h6-10,12,16-17,27H,5,11,13H2,1-4H3,(H,25,31)(H,24,28,30);1H4/t16?,17-,22-,36?;/m1./s1. The summed E-state index contributed by atoms with van der Waals surface area (Å²) in [4.78, 5) is 37.8. The van der Waals surface area contributed by atoms with E-state index in [0.717, 1.165) is 4.57 Å². The number of esters is 1. The van der Waals surface area contributed by atoms with Gasteiger partial charge in [-0.1, -0.05) is 25.6 Å². The molecule has 12 nitrogen and oxygen atoms in total. The van der Waals surface area contributed by atoms with Crippen molar-refractivity contribution in [1.29, 1.82) is 0 Å². The molecule has 1 aromatic heterocycles. The smallest absolute Gasteiger partial charge is 0.459 e. The monoisotopic (exact) mass is 545 g/mol. The molecule has 1 fully saturated rings. The van der Waals surface area contributed by atoms with Gasteiger partial charge in [0, 0.05) is 6.42 Å². The van der Waals surface area contributed by atoms with E-state index in [1.165, 1.54) is 32.9 Å². The minimum atomic E-state index is -4.27. The van der Waals surface area contributed by atoms with Gasteiger partial charge in [0.1, 0.15) is 23.1 Å². The van der Waals surface area contributed by atoms with Crippen LogP contribution in [-0.4, -0.2) is 51.6 Å². The van der Waals surface area contributed by atoms with Gasteiger partial charge in [-0.05, 0) is 39.8 Å². The number of halogens is 1. The summed E-state index contributed by atoms with van der Waals surface area (Å²) in [6, 6.07) is 8.08. The highest BCUT2D eigenvalue weighted by atomic mass is 31.2. The van der Waals surface area contributed by atoms with E-state index in [2.05, 4.69) is 5.09 Å². The lowest BCUT2D eigenvalue weighted by Gasteiger charge is -2.30. The Bertz CT molecular complexity index is 1250. The summed E-state index contributed by atoms with van der Waals surface area (Å²) in [7, 11) is -4.27. The fourth-order valence-corrected chi connectivity index (χ4v) is 5.33. The summed E-state index contributed by atoms with van der Waals surface area (Å²) < 4.78 is 50.3. The van der Waals surface area contributed by atoms with Gasteiger partial charge >= 0.3 is 19.4 Å². The molecule has 0 saturated carbocycles. The van der Waals surface area contributed by atoms with Crippen molar-refractivity contribution in [1.82, 2.24) is 14.6 Å². The van der Waals surface area contributed by atoms with Crippen LogP contribution in [0.25, 0.3) is 0 Å². The Morgan fingerprint density at radius 3 is 2.62 bits per heavy atom. The SMILES string of the molecule is C.CCOC(=O)C(C)(C)NP(=O)(OC[C@H]1O[C@@](C)(n2cc(F)c(=O)[nH]c2=O)CC1O)Oc1ccccc1. The Hall–Kier alpha value is -2.83. The van der Waals surface area contributed by atoms with E-state index >= 15 is 0 Å². The van der Waals surface area contributed by atoms with Crippen molar-refractivity contribution in [3.63, 3.8) is 0 Å². The van der Waals surface area contributed by atoms with Gasteiger partial charge in [-0.15, -0.1) is 0 Å². The normalized spacial score (nSPS) is 23.1. The number of rotatable bonds is 10. The number of ether oxygens (including phenoxy) is 2. The van der Waals surface area contributed by atoms with Crippen molar-refractivity contribution in [3.05, 3.63) is 63.2 Å². The van der Waals surface area contributed by atoms with E-state index in [1.54, 1.807) is 25.1 Å². The predicted octanol–water partition coefficient (Wildman–Crippen LogP) is 2.27. The largest absolute Gasteiger partial charge is 0.465 e. The Morgan fingerprint density at radius 2 is 2.00 bits per heavy atom. The predicted molar refractivity (Wildman–Crippen MR) is 132 cm³/mol. The van der Waals surface area contributed by atoms with Gasteiger partial charge in [0.05, 0.1) is 25.5 Å². The van der Waals surface area contributed by atoms with Crippen LogP contribution in [0.4, 0.5) is 4.39 Å². The molecule has 1 aliphatic rings. The molecular formula is C23H33FN3O9P. The summed E-state index contributed by atoms with van der Waals surface area (Å²) in [6.07, 6.45) is -1.83. The number of aromatic nitrogens is 2. The van der Waals surface area contributed by atoms with Crippen LogP contribution in [0.15, 0.2) is 46.1 Å². The molecule has 0 spiro atoms. The number of hydrogen-bond donors (Lipinski definition) is 3. The maximum absolute atomic E-state index is 13.8. The highest BCUT2D eigenvalue weighted by Crippen LogP contribution is 2.47. The van der Waals surface area contributed by atoms with Crippen LogP contribution >= 0.6 is 7.75 Å². The lowest BCUT2D eigenvalue weighted by molar-refractivity contribution is -0.149. The molecule has 1 aliphatic heterocycles. The number of nitrogens with zero attached hydrogens (tertiary/aromatic N) is 1. The molecule has 14 heteroatoms. The van der Waals surface area contributed by atoms with Gasteiger partial charge in [0.25, 0.3) is 5.56 Å². The van der Waals surface area contributed by atoms with Crippen molar-refractivity contribution in [2.75, 3.05) is 13.2 Å². The first-order valence-corrected chi connectivity index (χ1v) is 12.7. The van der Waals surface area contributed by atoms with E-state index in [1.807, 2.05) is 4.98 Å². The Balaban J connectivity index is 0.00000481. The number of carbonyl (C=O) groups is 1. The average Bonchev–Trinajstić information content (AvgIpc) is 3.09. The summed E-state index contributed by atoms with van der Waals surface area (Å²) in [6.45, 7) is 5.51. The molecule has 206 valence electrons. The lowest BCUT2D eigenvalue weighted by Crippen LogP contribution is -2.47. The maximum Gasteiger partial charge on any atom is 0.459 e. The number of nitrogens with one attached hydrogen (secondary N) is 2. The lowest BCUT2D eigenvalue weighted by atomic mass is 10.1. The maximum atomic E-state index is 13.8. The zero-order chi connectivity index (χ0) is 26.7.